The predicted molar refractivity (Wildman–Crippen MR) is 87.3 cm³/mol. The molecule has 2 aliphatic rings. The van der Waals surface area contributed by atoms with Crippen LogP contribution in [0.3, 0.4) is 0 Å². The smallest absolute Gasteiger partial charge is 0.243 e. The molecule has 0 bridgehead atoms. The lowest BCUT2D eigenvalue weighted by atomic mass is 10.2. The van der Waals surface area contributed by atoms with Crippen LogP contribution < -0.4 is 0 Å². The SMILES string of the molecule is Cc1nnc(CN2CCN([C@@H](C)c3nc(C4CC4)no3)CC2)n1C. The van der Waals surface area contributed by atoms with Crippen molar-refractivity contribution in [1.29, 1.82) is 0 Å². The van der Waals surface area contributed by atoms with Gasteiger partial charge in [0.15, 0.2) is 5.82 Å². The summed E-state index contributed by atoms with van der Waals surface area (Å²) in [6, 6.07) is 0.184. The van der Waals surface area contributed by atoms with Gasteiger partial charge in [-0.05, 0) is 26.7 Å². The summed E-state index contributed by atoms with van der Waals surface area (Å²) in [7, 11) is 2.02. The summed E-state index contributed by atoms with van der Waals surface area (Å²) in [5.74, 6) is 4.18. The van der Waals surface area contributed by atoms with E-state index in [9.17, 15) is 0 Å². The minimum atomic E-state index is 0.184. The number of piperazine rings is 1. The topological polar surface area (TPSA) is 76.1 Å². The van der Waals surface area contributed by atoms with Crippen LogP contribution in [-0.2, 0) is 13.6 Å². The molecule has 1 saturated carbocycles. The molecular weight excluding hydrogens is 306 g/mol. The van der Waals surface area contributed by atoms with Crippen LogP contribution in [0, 0.1) is 6.92 Å². The number of nitrogens with zero attached hydrogens (tertiary/aromatic N) is 7. The third kappa shape index (κ3) is 3.08. The third-order valence-corrected chi connectivity index (χ3v) is 5.26. The summed E-state index contributed by atoms with van der Waals surface area (Å²) in [4.78, 5) is 9.44. The standard InChI is InChI=1S/C16H25N7O/c1-11(16-17-15(20-24-16)13-4-5-13)23-8-6-22(7-9-23)10-14-19-18-12(2)21(14)3/h11,13H,4-10H2,1-3H3/t11-/m0/s1. The molecule has 1 atom stereocenters. The molecular formula is C16H25N7O. The van der Waals surface area contributed by atoms with E-state index in [1.807, 2.05) is 14.0 Å². The molecule has 24 heavy (non-hydrogen) atoms. The van der Waals surface area contributed by atoms with Gasteiger partial charge in [-0.2, -0.15) is 4.98 Å². The summed E-state index contributed by atoms with van der Waals surface area (Å²) in [5.41, 5.74) is 0. The van der Waals surface area contributed by atoms with Gasteiger partial charge >= 0.3 is 0 Å². The molecule has 1 aliphatic carbocycles. The summed E-state index contributed by atoms with van der Waals surface area (Å²) in [5, 5.41) is 12.5. The Morgan fingerprint density at radius 2 is 1.92 bits per heavy atom. The van der Waals surface area contributed by atoms with Crippen molar-refractivity contribution < 1.29 is 4.52 Å². The maximum atomic E-state index is 5.48. The van der Waals surface area contributed by atoms with Crippen molar-refractivity contribution in [1.82, 2.24) is 34.7 Å². The molecule has 0 aromatic carbocycles. The van der Waals surface area contributed by atoms with Crippen LogP contribution in [0.2, 0.25) is 0 Å². The molecule has 4 rings (SSSR count). The molecule has 2 fully saturated rings. The first-order chi connectivity index (χ1) is 11.6. The number of rotatable bonds is 5. The van der Waals surface area contributed by atoms with E-state index in [0.717, 1.165) is 56.1 Å². The zero-order chi connectivity index (χ0) is 16.7. The van der Waals surface area contributed by atoms with Crippen LogP contribution >= 0.6 is 0 Å². The quantitative estimate of drug-likeness (QED) is 0.816. The number of aromatic nitrogens is 5. The fraction of sp³-hybridized carbons (Fsp3) is 0.750. The van der Waals surface area contributed by atoms with Crippen molar-refractivity contribution >= 4 is 0 Å². The van der Waals surface area contributed by atoms with Gasteiger partial charge in [0.2, 0.25) is 5.89 Å². The van der Waals surface area contributed by atoms with Crippen molar-refractivity contribution in [3.8, 4) is 0 Å². The first kappa shape index (κ1) is 15.7. The van der Waals surface area contributed by atoms with E-state index in [0.29, 0.717) is 5.92 Å². The highest BCUT2D eigenvalue weighted by atomic mass is 16.5. The van der Waals surface area contributed by atoms with E-state index in [1.54, 1.807) is 0 Å². The monoisotopic (exact) mass is 331 g/mol. The van der Waals surface area contributed by atoms with Crippen molar-refractivity contribution in [2.45, 2.75) is 45.2 Å². The highest BCUT2D eigenvalue weighted by molar-refractivity contribution is 5.05. The number of aryl methyl sites for hydroxylation is 1. The Hall–Kier alpha value is -1.80. The van der Waals surface area contributed by atoms with E-state index in [4.69, 9.17) is 4.52 Å². The average Bonchev–Trinajstić information content (AvgIpc) is 3.26. The molecule has 0 spiro atoms. The van der Waals surface area contributed by atoms with E-state index in [-0.39, 0.29) is 6.04 Å². The fourth-order valence-electron chi connectivity index (χ4n) is 3.18. The largest absolute Gasteiger partial charge is 0.338 e. The van der Waals surface area contributed by atoms with Gasteiger partial charge in [0.1, 0.15) is 11.6 Å². The maximum Gasteiger partial charge on any atom is 0.243 e. The van der Waals surface area contributed by atoms with Gasteiger partial charge in [-0.1, -0.05) is 5.16 Å². The molecule has 0 N–H and O–H groups in total. The lowest BCUT2D eigenvalue weighted by Gasteiger charge is -2.36. The highest BCUT2D eigenvalue weighted by Gasteiger charge is 2.31. The highest BCUT2D eigenvalue weighted by Crippen LogP contribution is 2.38. The van der Waals surface area contributed by atoms with Crippen molar-refractivity contribution in [2.75, 3.05) is 26.2 Å². The van der Waals surface area contributed by atoms with Crippen LogP contribution in [0.4, 0.5) is 0 Å². The van der Waals surface area contributed by atoms with Gasteiger partial charge in [0.25, 0.3) is 0 Å². The predicted octanol–water partition coefficient (Wildman–Crippen LogP) is 1.26. The second-order valence-electron chi connectivity index (χ2n) is 6.98. The lowest BCUT2D eigenvalue weighted by Crippen LogP contribution is -2.47. The van der Waals surface area contributed by atoms with Crippen LogP contribution in [0.25, 0.3) is 0 Å². The lowest BCUT2D eigenvalue weighted by molar-refractivity contribution is 0.0826. The van der Waals surface area contributed by atoms with Crippen LogP contribution in [0.5, 0.6) is 0 Å². The van der Waals surface area contributed by atoms with Crippen LogP contribution in [0.15, 0.2) is 4.52 Å². The van der Waals surface area contributed by atoms with E-state index < -0.39 is 0 Å². The summed E-state index contributed by atoms with van der Waals surface area (Å²) in [6.45, 7) is 9.02. The number of hydrogen-bond acceptors (Lipinski definition) is 7. The first-order valence-corrected chi connectivity index (χ1v) is 8.76. The molecule has 0 amide bonds. The zero-order valence-corrected chi connectivity index (χ0v) is 14.6. The Kier molecular flexibility index (Phi) is 4.09. The number of hydrogen-bond donors (Lipinski definition) is 0. The molecule has 2 aromatic rings. The van der Waals surface area contributed by atoms with Crippen molar-refractivity contribution in [2.24, 2.45) is 7.05 Å². The Morgan fingerprint density at radius 3 is 2.54 bits per heavy atom. The van der Waals surface area contributed by atoms with E-state index in [1.165, 1.54) is 12.8 Å². The van der Waals surface area contributed by atoms with Gasteiger partial charge in [-0.25, -0.2) is 0 Å². The summed E-state index contributed by atoms with van der Waals surface area (Å²) in [6.07, 6.45) is 2.40. The average molecular weight is 331 g/mol. The summed E-state index contributed by atoms with van der Waals surface area (Å²) < 4.78 is 7.55. The third-order valence-electron chi connectivity index (χ3n) is 5.26. The minimum absolute atomic E-state index is 0.184. The molecule has 1 aliphatic heterocycles. The molecule has 8 nitrogen and oxygen atoms in total. The van der Waals surface area contributed by atoms with Crippen molar-refractivity contribution in [3.63, 3.8) is 0 Å². The van der Waals surface area contributed by atoms with Gasteiger partial charge in [0.05, 0.1) is 12.6 Å². The van der Waals surface area contributed by atoms with Gasteiger partial charge in [0, 0.05) is 39.1 Å². The first-order valence-electron chi connectivity index (χ1n) is 8.76. The maximum absolute atomic E-state index is 5.48. The second kappa shape index (κ2) is 6.25. The fourth-order valence-corrected chi connectivity index (χ4v) is 3.18. The normalized spacial score (nSPS) is 21.3. The Morgan fingerprint density at radius 1 is 1.17 bits per heavy atom. The van der Waals surface area contributed by atoms with E-state index >= 15 is 0 Å². The Labute approximate surface area is 141 Å². The molecule has 3 heterocycles. The van der Waals surface area contributed by atoms with Gasteiger partial charge < -0.3 is 9.09 Å². The molecule has 130 valence electrons. The molecule has 0 unspecified atom stereocenters. The van der Waals surface area contributed by atoms with Gasteiger partial charge in [-0.15, -0.1) is 10.2 Å². The molecule has 0 radical (unpaired) electrons. The van der Waals surface area contributed by atoms with Crippen molar-refractivity contribution in [3.05, 3.63) is 23.4 Å². The van der Waals surface area contributed by atoms with Crippen LogP contribution in [-0.4, -0.2) is 60.9 Å². The van der Waals surface area contributed by atoms with Gasteiger partial charge in [-0.3, -0.25) is 9.80 Å². The second-order valence-corrected chi connectivity index (χ2v) is 6.98. The van der Waals surface area contributed by atoms with E-state index in [2.05, 4.69) is 41.6 Å². The Balaban J connectivity index is 1.32. The molecule has 8 heteroatoms. The zero-order valence-electron chi connectivity index (χ0n) is 14.6. The minimum Gasteiger partial charge on any atom is -0.338 e. The molecule has 1 saturated heterocycles. The van der Waals surface area contributed by atoms with Crippen LogP contribution in [0.1, 0.15) is 55.1 Å². The Bertz CT molecular complexity index is 697. The molecule has 2 aromatic heterocycles. The summed E-state index contributed by atoms with van der Waals surface area (Å²) >= 11 is 0.